The maximum Gasteiger partial charge on any atom is 0.290 e. The van der Waals surface area contributed by atoms with Gasteiger partial charge in [-0.3, -0.25) is 25.2 Å². The summed E-state index contributed by atoms with van der Waals surface area (Å²) >= 11 is 0. The molecule has 1 heterocycles. The van der Waals surface area contributed by atoms with Crippen LogP contribution in [0.5, 0.6) is 0 Å². The largest absolute Gasteiger partial charge is 0.290 e. The molecule has 0 atom stereocenters. The Kier molecular flexibility index (Phi) is 4.79. The fraction of sp³-hybridized carbons (Fsp3) is 0.158. The highest BCUT2D eigenvalue weighted by Crippen LogP contribution is 2.13. The minimum atomic E-state index is -0.593. The van der Waals surface area contributed by atoms with Gasteiger partial charge in [0.1, 0.15) is 0 Å². The highest BCUT2D eigenvalue weighted by atomic mass is 16.2. The van der Waals surface area contributed by atoms with Crippen LogP contribution in [-0.4, -0.2) is 21.6 Å². The third-order valence-corrected chi connectivity index (χ3v) is 3.95. The van der Waals surface area contributed by atoms with Gasteiger partial charge >= 0.3 is 0 Å². The molecule has 0 radical (unpaired) electrons. The smallest absolute Gasteiger partial charge is 0.267 e. The van der Waals surface area contributed by atoms with E-state index in [0.717, 1.165) is 5.56 Å². The lowest BCUT2D eigenvalue weighted by Gasteiger charge is -2.11. The van der Waals surface area contributed by atoms with Crippen LogP contribution in [0.1, 0.15) is 33.3 Å². The number of hydrogen-bond acceptors (Lipinski definition) is 4. The maximum atomic E-state index is 12.5. The molecule has 2 aromatic carbocycles. The molecule has 0 aliphatic rings. The molecule has 26 heavy (non-hydrogen) atoms. The van der Waals surface area contributed by atoms with Gasteiger partial charge in [-0.1, -0.05) is 35.9 Å². The zero-order valence-corrected chi connectivity index (χ0v) is 14.4. The quantitative estimate of drug-likeness (QED) is 0.705. The molecule has 0 unspecified atom stereocenters. The molecule has 3 rings (SSSR count). The summed E-state index contributed by atoms with van der Waals surface area (Å²) in [5, 5.41) is 4.96. The number of amides is 2. The lowest BCUT2D eigenvalue weighted by molar-refractivity contribution is 0.0843. The third kappa shape index (κ3) is 3.32. The molecule has 7 nitrogen and oxygen atoms in total. The van der Waals surface area contributed by atoms with Crippen molar-refractivity contribution in [1.82, 2.24) is 20.6 Å². The molecular formula is C19H18N4O3. The van der Waals surface area contributed by atoms with Gasteiger partial charge in [-0.25, -0.2) is 4.68 Å². The van der Waals surface area contributed by atoms with Gasteiger partial charge in [0.25, 0.3) is 17.4 Å². The van der Waals surface area contributed by atoms with Crippen molar-refractivity contribution in [2.75, 3.05) is 0 Å². The summed E-state index contributed by atoms with van der Waals surface area (Å²) in [7, 11) is 0. The first-order valence-corrected chi connectivity index (χ1v) is 8.18. The Morgan fingerprint density at radius 2 is 1.69 bits per heavy atom. The third-order valence-electron chi connectivity index (χ3n) is 3.95. The average Bonchev–Trinajstić information content (AvgIpc) is 2.66. The van der Waals surface area contributed by atoms with Crippen molar-refractivity contribution in [3.8, 4) is 0 Å². The minimum Gasteiger partial charge on any atom is -0.267 e. The van der Waals surface area contributed by atoms with Gasteiger partial charge in [0, 0.05) is 17.5 Å². The normalized spacial score (nSPS) is 10.5. The summed E-state index contributed by atoms with van der Waals surface area (Å²) in [6, 6.07) is 13.8. The van der Waals surface area contributed by atoms with Crippen LogP contribution in [0.4, 0.5) is 0 Å². The van der Waals surface area contributed by atoms with Gasteiger partial charge in [0.05, 0.1) is 5.39 Å². The fourth-order valence-electron chi connectivity index (χ4n) is 2.65. The molecule has 0 saturated heterocycles. The van der Waals surface area contributed by atoms with Crippen LogP contribution in [0.3, 0.4) is 0 Å². The van der Waals surface area contributed by atoms with Gasteiger partial charge in [-0.15, -0.1) is 0 Å². The molecule has 2 N–H and O–H groups in total. The number of carbonyl (C=O) groups excluding carboxylic acids is 2. The number of fused-ring (bicyclic) bond motifs is 1. The molecule has 2 amide bonds. The average molecular weight is 350 g/mol. The summed E-state index contributed by atoms with van der Waals surface area (Å²) < 4.78 is 1.22. The van der Waals surface area contributed by atoms with Crippen molar-refractivity contribution in [2.24, 2.45) is 0 Å². The number of carbonyl (C=O) groups is 2. The van der Waals surface area contributed by atoms with Crippen molar-refractivity contribution in [3.63, 3.8) is 0 Å². The molecule has 0 aliphatic heterocycles. The van der Waals surface area contributed by atoms with Crippen molar-refractivity contribution in [1.29, 1.82) is 0 Å². The second-order valence-corrected chi connectivity index (χ2v) is 5.79. The zero-order chi connectivity index (χ0) is 18.7. The molecule has 1 aromatic heterocycles. The molecular weight excluding hydrogens is 332 g/mol. The zero-order valence-electron chi connectivity index (χ0n) is 14.4. The number of nitrogens with one attached hydrogen (secondary N) is 2. The van der Waals surface area contributed by atoms with E-state index in [-0.39, 0.29) is 11.3 Å². The summed E-state index contributed by atoms with van der Waals surface area (Å²) in [4.78, 5) is 37.0. The van der Waals surface area contributed by atoms with E-state index < -0.39 is 11.8 Å². The Bertz CT molecular complexity index is 1060. The standard InChI is InChI=1S/C19H18N4O3/c1-3-23-19(26)15-10-5-4-9-14(15)16(22-23)18(25)21-20-17(24)13-8-6-7-12(2)11-13/h4-11H,3H2,1-2H3,(H,20,24)(H,21,25). The van der Waals surface area contributed by atoms with Crippen LogP contribution >= 0.6 is 0 Å². The first kappa shape index (κ1) is 17.3. The lowest BCUT2D eigenvalue weighted by atomic mass is 10.1. The van der Waals surface area contributed by atoms with E-state index in [1.807, 2.05) is 13.0 Å². The van der Waals surface area contributed by atoms with E-state index in [0.29, 0.717) is 22.9 Å². The predicted molar refractivity (Wildman–Crippen MR) is 97.8 cm³/mol. The van der Waals surface area contributed by atoms with Crippen LogP contribution < -0.4 is 16.4 Å². The van der Waals surface area contributed by atoms with Crippen LogP contribution in [0.2, 0.25) is 0 Å². The van der Waals surface area contributed by atoms with Crippen molar-refractivity contribution >= 4 is 22.6 Å². The molecule has 0 spiro atoms. The number of rotatable bonds is 3. The van der Waals surface area contributed by atoms with Crippen LogP contribution in [0.25, 0.3) is 10.8 Å². The second-order valence-electron chi connectivity index (χ2n) is 5.79. The lowest BCUT2D eigenvalue weighted by Crippen LogP contribution is -2.42. The molecule has 3 aromatic rings. The Labute approximate surface area is 149 Å². The molecule has 0 saturated carbocycles. The SMILES string of the molecule is CCn1nc(C(=O)NNC(=O)c2cccc(C)c2)c2ccccc2c1=O. The number of nitrogens with zero attached hydrogens (tertiary/aromatic N) is 2. The number of benzene rings is 2. The number of hydrazine groups is 1. The summed E-state index contributed by atoms with van der Waals surface area (Å²) in [6.45, 7) is 3.98. The highest BCUT2D eigenvalue weighted by Gasteiger charge is 2.17. The summed E-state index contributed by atoms with van der Waals surface area (Å²) in [5.74, 6) is -1.03. The van der Waals surface area contributed by atoms with E-state index in [9.17, 15) is 14.4 Å². The van der Waals surface area contributed by atoms with E-state index in [1.165, 1.54) is 4.68 Å². The summed E-state index contributed by atoms with van der Waals surface area (Å²) in [5.41, 5.74) is 5.92. The molecule has 0 aliphatic carbocycles. The monoisotopic (exact) mass is 350 g/mol. The number of aryl methyl sites for hydroxylation is 2. The molecule has 0 fully saturated rings. The van der Waals surface area contributed by atoms with Crippen LogP contribution in [-0.2, 0) is 6.54 Å². The Balaban J connectivity index is 1.87. The van der Waals surface area contributed by atoms with Gasteiger partial charge in [0.15, 0.2) is 5.69 Å². The van der Waals surface area contributed by atoms with Crippen molar-refractivity contribution < 1.29 is 9.59 Å². The predicted octanol–water partition coefficient (Wildman–Crippen LogP) is 1.80. The van der Waals surface area contributed by atoms with Crippen LogP contribution in [0, 0.1) is 6.92 Å². The topological polar surface area (TPSA) is 93.1 Å². The van der Waals surface area contributed by atoms with E-state index in [2.05, 4.69) is 16.0 Å². The van der Waals surface area contributed by atoms with Crippen LogP contribution in [0.15, 0.2) is 53.3 Å². The molecule has 132 valence electrons. The molecule has 7 heteroatoms. The van der Waals surface area contributed by atoms with E-state index in [4.69, 9.17) is 0 Å². The number of aromatic nitrogens is 2. The summed E-state index contributed by atoms with van der Waals surface area (Å²) in [6.07, 6.45) is 0. The van der Waals surface area contributed by atoms with Gasteiger partial charge in [0.2, 0.25) is 0 Å². The van der Waals surface area contributed by atoms with Crippen molar-refractivity contribution in [2.45, 2.75) is 20.4 Å². The van der Waals surface area contributed by atoms with Gasteiger partial charge < -0.3 is 0 Å². The van der Waals surface area contributed by atoms with E-state index in [1.54, 1.807) is 49.4 Å². The van der Waals surface area contributed by atoms with E-state index >= 15 is 0 Å². The Hall–Kier alpha value is -3.48. The fourth-order valence-corrected chi connectivity index (χ4v) is 2.65. The minimum absolute atomic E-state index is 0.0755. The highest BCUT2D eigenvalue weighted by molar-refractivity contribution is 6.06. The first-order valence-electron chi connectivity index (χ1n) is 8.18. The second kappa shape index (κ2) is 7.18. The Morgan fingerprint density at radius 1 is 1.00 bits per heavy atom. The van der Waals surface area contributed by atoms with Gasteiger partial charge in [-0.05, 0) is 32.0 Å². The maximum absolute atomic E-state index is 12.5. The molecule has 0 bridgehead atoms. The number of hydrogen-bond donors (Lipinski definition) is 2. The van der Waals surface area contributed by atoms with Crippen molar-refractivity contribution in [3.05, 3.63) is 75.7 Å². The Morgan fingerprint density at radius 3 is 2.38 bits per heavy atom. The van der Waals surface area contributed by atoms with Gasteiger partial charge in [-0.2, -0.15) is 5.10 Å². The first-order chi connectivity index (χ1) is 12.5.